The largest absolute Gasteiger partial charge is 0.493 e. The van der Waals surface area contributed by atoms with Crippen LogP contribution in [-0.4, -0.2) is 31.8 Å². The van der Waals surface area contributed by atoms with E-state index in [4.69, 9.17) is 14.2 Å². The summed E-state index contributed by atoms with van der Waals surface area (Å²) in [6.07, 6.45) is 0.466. The summed E-state index contributed by atoms with van der Waals surface area (Å²) in [6, 6.07) is 23.5. The first-order chi connectivity index (χ1) is 14.7. The first kappa shape index (κ1) is 19.8. The lowest BCUT2D eigenvalue weighted by molar-refractivity contribution is 0.0836. The molecule has 1 unspecified atom stereocenters. The van der Waals surface area contributed by atoms with Gasteiger partial charge in [-0.25, -0.2) is 4.79 Å². The van der Waals surface area contributed by atoms with E-state index in [1.807, 2.05) is 60.7 Å². The number of rotatable bonds is 5. The van der Waals surface area contributed by atoms with Gasteiger partial charge in [0.25, 0.3) is 0 Å². The maximum absolute atomic E-state index is 13.1. The molecule has 30 heavy (non-hydrogen) atoms. The molecule has 0 N–H and O–H groups in total. The van der Waals surface area contributed by atoms with Gasteiger partial charge in [0.1, 0.15) is 6.61 Å². The van der Waals surface area contributed by atoms with Gasteiger partial charge in [0.2, 0.25) is 0 Å². The molecule has 154 valence electrons. The summed E-state index contributed by atoms with van der Waals surface area (Å²) in [5, 5.41) is 0. The number of hydrogen-bond donors (Lipinski definition) is 0. The van der Waals surface area contributed by atoms with E-state index in [2.05, 4.69) is 12.1 Å². The molecule has 1 amide bonds. The van der Waals surface area contributed by atoms with Crippen molar-refractivity contribution in [2.45, 2.75) is 19.1 Å². The zero-order chi connectivity index (χ0) is 20.9. The lowest BCUT2D eigenvalue weighted by Crippen LogP contribution is -2.40. The van der Waals surface area contributed by atoms with E-state index in [0.29, 0.717) is 18.0 Å². The summed E-state index contributed by atoms with van der Waals surface area (Å²) < 4.78 is 16.5. The first-order valence-electron chi connectivity index (χ1n) is 9.98. The van der Waals surface area contributed by atoms with E-state index < -0.39 is 0 Å². The average Bonchev–Trinajstić information content (AvgIpc) is 2.82. The molecule has 5 heteroatoms. The fourth-order valence-electron chi connectivity index (χ4n) is 3.95. The number of benzene rings is 3. The summed E-state index contributed by atoms with van der Waals surface area (Å²) in [6.45, 7) is 0.833. The topological polar surface area (TPSA) is 48.0 Å². The van der Waals surface area contributed by atoms with Gasteiger partial charge in [0.05, 0.1) is 20.3 Å². The highest BCUT2D eigenvalue weighted by atomic mass is 16.6. The highest BCUT2D eigenvalue weighted by Gasteiger charge is 2.33. The minimum Gasteiger partial charge on any atom is -0.493 e. The molecule has 0 saturated heterocycles. The zero-order valence-electron chi connectivity index (χ0n) is 17.2. The Morgan fingerprint density at radius 2 is 1.67 bits per heavy atom. The van der Waals surface area contributed by atoms with Crippen LogP contribution in [0.5, 0.6) is 11.5 Å². The van der Waals surface area contributed by atoms with Crippen molar-refractivity contribution < 1.29 is 19.0 Å². The smallest absolute Gasteiger partial charge is 0.410 e. The maximum atomic E-state index is 13.1. The highest BCUT2D eigenvalue weighted by molar-refractivity contribution is 5.70. The van der Waals surface area contributed by atoms with Crippen molar-refractivity contribution in [1.29, 1.82) is 0 Å². The maximum Gasteiger partial charge on any atom is 0.410 e. The summed E-state index contributed by atoms with van der Waals surface area (Å²) >= 11 is 0. The Hall–Kier alpha value is -3.47. The van der Waals surface area contributed by atoms with Crippen LogP contribution >= 0.6 is 0 Å². The van der Waals surface area contributed by atoms with Gasteiger partial charge in [-0.15, -0.1) is 0 Å². The Labute approximate surface area is 176 Å². The number of methoxy groups -OCH3 is 2. The molecular formula is C25H25NO4. The van der Waals surface area contributed by atoms with Crippen molar-refractivity contribution in [2.75, 3.05) is 20.8 Å². The van der Waals surface area contributed by atoms with E-state index in [0.717, 1.165) is 23.1 Å². The number of fused-ring (bicyclic) bond motifs is 1. The van der Waals surface area contributed by atoms with Crippen LogP contribution in [-0.2, 0) is 17.8 Å². The molecule has 0 radical (unpaired) electrons. The Bertz CT molecular complexity index is 1020. The van der Waals surface area contributed by atoms with Gasteiger partial charge in [-0.2, -0.15) is 0 Å². The normalized spacial score (nSPS) is 15.3. The molecule has 1 atom stereocenters. The van der Waals surface area contributed by atoms with Crippen LogP contribution < -0.4 is 9.47 Å². The monoisotopic (exact) mass is 403 g/mol. The van der Waals surface area contributed by atoms with Crippen LogP contribution in [0.2, 0.25) is 0 Å². The minimum absolute atomic E-state index is 0.247. The fourth-order valence-corrected chi connectivity index (χ4v) is 3.95. The highest BCUT2D eigenvalue weighted by Crippen LogP contribution is 2.39. The number of amides is 1. The van der Waals surface area contributed by atoms with Crippen LogP contribution in [0, 0.1) is 0 Å². The quantitative estimate of drug-likeness (QED) is 0.602. The van der Waals surface area contributed by atoms with Crippen molar-refractivity contribution in [3.63, 3.8) is 0 Å². The molecule has 1 aliphatic rings. The third-order valence-corrected chi connectivity index (χ3v) is 5.45. The molecule has 0 aliphatic carbocycles. The van der Waals surface area contributed by atoms with Crippen LogP contribution in [0.15, 0.2) is 72.8 Å². The Morgan fingerprint density at radius 3 is 2.43 bits per heavy atom. The number of carbonyl (C=O) groups excluding carboxylic acids is 1. The van der Waals surface area contributed by atoms with Gasteiger partial charge < -0.3 is 14.2 Å². The molecule has 3 aromatic carbocycles. The molecule has 0 saturated carbocycles. The van der Waals surface area contributed by atoms with Crippen LogP contribution in [0.25, 0.3) is 0 Å². The van der Waals surface area contributed by atoms with E-state index in [9.17, 15) is 4.79 Å². The predicted octanol–water partition coefficient (Wildman–Crippen LogP) is 4.99. The zero-order valence-corrected chi connectivity index (χ0v) is 17.2. The molecule has 0 fully saturated rings. The van der Waals surface area contributed by atoms with Crippen LogP contribution in [0.1, 0.15) is 28.3 Å². The molecule has 3 aromatic rings. The Kier molecular flexibility index (Phi) is 5.89. The molecule has 5 nitrogen and oxygen atoms in total. The van der Waals surface area contributed by atoms with E-state index in [1.54, 1.807) is 19.1 Å². The van der Waals surface area contributed by atoms with Gasteiger partial charge in [0, 0.05) is 6.54 Å². The summed E-state index contributed by atoms with van der Waals surface area (Å²) in [4.78, 5) is 14.9. The van der Waals surface area contributed by atoms with E-state index in [1.165, 1.54) is 5.56 Å². The molecule has 0 bridgehead atoms. The third-order valence-electron chi connectivity index (χ3n) is 5.45. The minimum atomic E-state index is -0.326. The summed E-state index contributed by atoms with van der Waals surface area (Å²) in [7, 11) is 3.23. The second kappa shape index (κ2) is 8.91. The van der Waals surface area contributed by atoms with E-state index in [-0.39, 0.29) is 18.7 Å². The third kappa shape index (κ3) is 3.96. The average molecular weight is 403 g/mol. The predicted molar refractivity (Wildman–Crippen MR) is 115 cm³/mol. The van der Waals surface area contributed by atoms with Gasteiger partial charge in [-0.3, -0.25) is 4.90 Å². The number of ether oxygens (including phenoxy) is 3. The molecule has 1 heterocycles. The van der Waals surface area contributed by atoms with Crippen molar-refractivity contribution in [3.05, 3.63) is 95.1 Å². The lowest BCUT2D eigenvalue weighted by Gasteiger charge is -2.37. The summed E-state index contributed by atoms with van der Waals surface area (Å²) in [5.74, 6) is 1.29. The van der Waals surface area contributed by atoms with Crippen LogP contribution in [0.3, 0.4) is 0 Å². The van der Waals surface area contributed by atoms with Crippen LogP contribution in [0.4, 0.5) is 4.79 Å². The van der Waals surface area contributed by atoms with Gasteiger partial charge in [-0.1, -0.05) is 60.7 Å². The Balaban J connectivity index is 1.66. The fraction of sp³-hybridized carbons (Fsp3) is 0.240. The second-order valence-corrected chi connectivity index (χ2v) is 7.20. The molecule has 1 aliphatic heterocycles. The van der Waals surface area contributed by atoms with Crippen molar-refractivity contribution in [1.82, 2.24) is 4.90 Å². The number of nitrogens with zero attached hydrogens (tertiary/aromatic N) is 1. The molecule has 0 spiro atoms. The molecule has 0 aromatic heterocycles. The summed E-state index contributed by atoms with van der Waals surface area (Å²) in [5.41, 5.74) is 4.26. The van der Waals surface area contributed by atoms with Gasteiger partial charge in [0.15, 0.2) is 11.5 Å². The molecular weight excluding hydrogens is 378 g/mol. The first-order valence-corrected chi connectivity index (χ1v) is 9.98. The van der Waals surface area contributed by atoms with Gasteiger partial charge in [-0.05, 0) is 40.8 Å². The van der Waals surface area contributed by atoms with Crippen molar-refractivity contribution in [2.24, 2.45) is 0 Å². The van der Waals surface area contributed by atoms with E-state index >= 15 is 0 Å². The molecule has 4 rings (SSSR count). The Morgan fingerprint density at radius 1 is 0.933 bits per heavy atom. The number of hydrogen-bond acceptors (Lipinski definition) is 4. The lowest BCUT2D eigenvalue weighted by atomic mass is 9.88. The number of carbonyl (C=O) groups is 1. The van der Waals surface area contributed by atoms with Gasteiger partial charge >= 0.3 is 6.09 Å². The second-order valence-electron chi connectivity index (χ2n) is 7.20. The SMILES string of the molecule is COc1ccc(C2c3ccccc3CCN2C(=O)OCc2ccccc2)cc1OC. The standard InChI is InChI=1S/C25H25NO4/c1-28-22-13-12-20(16-23(22)29-2)24-21-11-7-6-10-19(21)14-15-26(24)25(27)30-17-18-8-4-3-5-9-18/h3-13,16,24H,14-15,17H2,1-2H3. The van der Waals surface area contributed by atoms with Crippen molar-refractivity contribution in [3.8, 4) is 11.5 Å². The van der Waals surface area contributed by atoms with Crippen molar-refractivity contribution >= 4 is 6.09 Å².